The van der Waals surface area contributed by atoms with Gasteiger partial charge < -0.3 is 10.2 Å². The largest absolute Gasteiger partial charge is 0.370 e. The van der Waals surface area contributed by atoms with Gasteiger partial charge >= 0.3 is 0 Å². The van der Waals surface area contributed by atoms with Gasteiger partial charge in [-0.15, -0.1) is 11.3 Å². The second kappa shape index (κ2) is 7.11. The third-order valence-electron chi connectivity index (χ3n) is 2.77. The number of nitrogens with one attached hydrogen (secondary N) is 1. The van der Waals surface area contributed by atoms with E-state index in [0.29, 0.717) is 34.0 Å². The molecule has 2 rings (SSSR count). The standard InChI is InChI=1S/C14H15Cl2N3OS/c1-3-17-13-7-9(6-11(15)18-13)14(20)19(2)8-10-4-5-12(16)21-10/h4-7H,3,8H2,1-2H3,(H,17,18). The number of anilines is 1. The number of nitrogens with zero attached hydrogens (tertiary/aromatic N) is 2. The normalized spacial score (nSPS) is 10.5. The summed E-state index contributed by atoms with van der Waals surface area (Å²) in [5.74, 6) is 0.490. The fourth-order valence-corrected chi connectivity index (χ4v) is 3.20. The maximum atomic E-state index is 12.4. The minimum absolute atomic E-state index is 0.108. The first-order valence-corrected chi connectivity index (χ1v) is 7.98. The van der Waals surface area contributed by atoms with E-state index >= 15 is 0 Å². The van der Waals surface area contributed by atoms with Crippen LogP contribution in [0.15, 0.2) is 24.3 Å². The molecule has 0 saturated carbocycles. The summed E-state index contributed by atoms with van der Waals surface area (Å²) in [6.07, 6.45) is 0. The van der Waals surface area contributed by atoms with E-state index in [4.69, 9.17) is 23.2 Å². The predicted molar refractivity (Wildman–Crippen MR) is 88.5 cm³/mol. The number of carbonyl (C=O) groups excluding carboxylic acids is 1. The first-order chi connectivity index (χ1) is 9.99. The molecule has 7 heteroatoms. The average Bonchev–Trinajstić information content (AvgIpc) is 2.83. The molecule has 0 aliphatic rings. The quantitative estimate of drug-likeness (QED) is 0.829. The molecule has 2 aromatic rings. The third-order valence-corrected chi connectivity index (χ3v) is 4.18. The Kier molecular flexibility index (Phi) is 5.45. The molecule has 0 aromatic carbocycles. The van der Waals surface area contributed by atoms with Gasteiger partial charge in [-0.25, -0.2) is 4.98 Å². The van der Waals surface area contributed by atoms with Gasteiger partial charge in [0.05, 0.1) is 10.9 Å². The van der Waals surface area contributed by atoms with Gasteiger partial charge in [0.25, 0.3) is 5.91 Å². The fraction of sp³-hybridized carbons (Fsp3) is 0.286. The zero-order valence-electron chi connectivity index (χ0n) is 11.7. The van der Waals surface area contributed by atoms with E-state index in [1.807, 2.05) is 19.1 Å². The van der Waals surface area contributed by atoms with Gasteiger partial charge in [-0.1, -0.05) is 23.2 Å². The van der Waals surface area contributed by atoms with Gasteiger partial charge in [-0.05, 0) is 31.2 Å². The van der Waals surface area contributed by atoms with Gasteiger partial charge in [-0.3, -0.25) is 4.79 Å². The predicted octanol–water partition coefficient (Wildman–Crippen LogP) is 4.15. The Bertz CT molecular complexity index is 645. The highest BCUT2D eigenvalue weighted by molar-refractivity contribution is 7.16. The zero-order chi connectivity index (χ0) is 15.4. The van der Waals surface area contributed by atoms with Gasteiger partial charge in [0.2, 0.25) is 0 Å². The average molecular weight is 344 g/mol. The van der Waals surface area contributed by atoms with Crippen molar-refractivity contribution in [3.63, 3.8) is 0 Å². The Balaban J connectivity index is 2.14. The molecule has 2 aromatic heterocycles. The molecule has 1 amide bonds. The van der Waals surface area contributed by atoms with E-state index in [1.165, 1.54) is 11.3 Å². The number of rotatable bonds is 5. The van der Waals surface area contributed by atoms with Crippen LogP contribution < -0.4 is 5.32 Å². The lowest BCUT2D eigenvalue weighted by Gasteiger charge is -2.17. The molecule has 0 atom stereocenters. The maximum Gasteiger partial charge on any atom is 0.254 e. The fourth-order valence-electron chi connectivity index (χ4n) is 1.85. The van der Waals surface area contributed by atoms with Gasteiger partial charge in [0, 0.05) is 24.0 Å². The van der Waals surface area contributed by atoms with Crippen molar-refractivity contribution in [2.75, 3.05) is 18.9 Å². The second-order valence-electron chi connectivity index (χ2n) is 4.46. The third kappa shape index (κ3) is 4.33. The van der Waals surface area contributed by atoms with Crippen molar-refractivity contribution < 1.29 is 4.79 Å². The minimum Gasteiger partial charge on any atom is -0.370 e. The molecular weight excluding hydrogens is 329 g/mol. The Morgan fingerprint density at radius 2 is 2.14 bits per heavy atom. The monoisotopic (exact) mass is 343 g/mol. The van der Waals surface area contributed by atoms with Crippen LogP contribution in [0.4, 0.5) is 5.82 Å². The molecule has 0 bridgehead atoms. The molecule has 1 N–H and O–H groups in total. The molecule has 0 saturated heterocycles. The summed E-state index contributed by atoms with van der Waals surface area (Å²) in [4.78, 5) is 19.2. The Labute approximate surface area is 137 Å². The van der Waals surface area contributed by atoms with Crippen molar-refractivity contribution in [3.8, 4) is 0 Å². The summed E-state index contributed by atoms with van der Waals surface area (Å²) in [5, 5.41) is 3.35. The van der Waals surface area contributed by atoms with Crippen molar-refractivity contribution in [1.29, 1.82) is 0 Å². The molecule has 0 unspecified atom stereocenters. The van der Waals surface area contributed by atoms with E-state index in [1.54, 1.807) is 24.1 Å². The first-order valence-electron chi connectivity index (χ1n) is 6.40. The maximum absolute atomic E-state index is 12.4. The van der Waals surface area contributed by atoms with Crippen LogP contribution in [-0.2, 0) is 6.54 Å². The van der Waals surface area contributed by atoms with Crippen molar-refractivity contribution in [3.05, 3.63) is 44.2 Å². The zero-order valence-corrected chi connectivity index (χ0v) is 14.0. The molecule has 2 heterocycles. The Hall–Kier alpha value is -1.30. The highest BCUT2D eigenvalue weighted by Crippen LogP contribution is 2.23. The van der Waals surface area contributed by atoms with Crippen LogP contribution in [0, 0.1) is 0 Å². The van der Waals surface area contributed by atoms with E-state index in [0.717, 1.165) is 4.88 Å². The number of hydrogen-bond donors (Lipinski definition) is 1. The number of carbonyl (C=O) groups is 1. The van der Waals surface area contributed by atoms with Crippen LogP contribution >= 0.6 is 34.5 Å². The van der Waals surface area contributed by atoms with Gasteiger partial charge in [-0.2, -0.15) is 0 Å². The number of hydrogen-bond acceptors (Lipinski definition) is 4. The highest BCUT2D eigenvalue weighted by atomic mass is 35.5. The molecule has 4 nitrogen and oxygen atoms in total. The topological polar surface area (TPSA) is 45.2 Å². The highest BCUT2D eigenvalue weighted by Gasteiger charge is 2.15. The number of pyridine rings is 1. The summed E-state index contributed by atoms with van der Waals surface area (Å²) in [6, 6.07) is 7.02. The Morgan fingerprint density at radius 1 is 1.38 bits per heavy atom. The van der Waals surface area contributed by atoms with Crippen LogP contribution in [0.5, 0.6) is 0 Å². The molecule has 0 aliphatic heterocycles. The van der Waals surface area contributed by atoms with Crippen molar-refractivity contribution in [1.82, 2.24) is 9.88 Å². The lowest BCUT2D eigenvalue weighted by atomic mass is 10.2. The molecule has 21 heavy (non-hydrogen) atoms. The molecule has 0 aliphatic carbocycles. The van der Waals surface area contributed by atoms with Crippen LogP contribution in [0.1, 0.15) is 22.2 Å². The number of halogens is 2. The van der Waals surface area contributed by atoms with Crippen LogP contribution in [0.3, 0.4) is 0 Å². The SMILES string of the molecule is CCNc1cc(C(=O)N(C)Cc2ccc(Cl)s2)cc(Cl)n1. The minimum atomic E-state index is -0.108. The van der Waals surface area contributed by atoms with Crippen molar-refractivity contribution >= 4 is 46.3 Å². The summed E-state index contributed by atoms with van der Waals surface area (Å²) in [7, 11) is 1.75. The summed E-state index contributed by atoms with van der Waals surface area (Å²) in [5.41, 5.74) is 0.510. The van der Waals surface area contributed by atoms with Crippen molar-refractivity contribution in [2.45, 2.75) is 13.5 Å². The summed E-state index contributed by atoms with van der Waals surface area (Å²) in [6.45, 7) is 3.17. The van der Waals surface area contributed by atoms with Crippen LogP contribution in [0.2, 0.25) is 9.49 Å². The van der Waals surface area contributed by atoms with E-state index in [9.17, 15) is 4.79 Å². The Morgan fingerprint density at radius 3 is 2.76 bits per heavy atom. The number of thiophene rings is 1. The number of aromatic nitrogens is 1. The second-order valence-corrected chi connectivity index (χ2v) is 6.65. The van der Waals surface area contributed by atoms with Crippen LogP contribution in [0.25, 0.3) is 0 Å². The molecule has 0 radical (unpaired) electrons. The van der Waals surface area contributed by atoms with E-state index < -0.39 is 0 Å². The van der Waals surface area contributed by atoms with Crippen LogP contribution in [-0.4, -0.2) is 29.4 Å². The van der Waals surface area contributed by atoms with Gasteiger partial charge in [0.1, 0.15) is 11.0 Å². The smallest absolute Gasteiger partial charge is 0.254 e. The van der Waals surface area contributed by atoms with Gasteiger partial charge in [0.15, 0.2) is 0 Å². The molecule has 0 spiro atoms. The lowest BCUT2D eigenvalue weighted by Crippen LogP contribution is -2.26. The van der Waals surface area contributed by atoms with Crippen molar-refractivity contribution in [2.24, 2.45) is 0 Å². The molecule has 112 valence electrons. The lowest BCUT2D eigenvalue weighted by molar-refractivity contribution is 0.0786. The molecule has 0 fully saturated rings. The van der Waals surface area contributed by atoms with E-state index in [2.05, 4.69) is 10.3 Å². The number of amides is 1. The van der Waals surface area contributed by atoms with E-state index in [-0.39, 0.29) is 5.91 Å². The summed E-state index contributed by atoms with van der Waals surface area (Å²) >= 11 is 13.3. The molecular formula is C14H15Cl2N3OS. The summed E-state index contributed by atoms with van der Waals surface area (Å²) < 4.78 is 0.715. The first kappa shape index (κ1) is 16.1.